The molecule has 0 radical (unpaired) electrons. The summed E-state index contributed by atoms with van der Waals surface area (Å²) in [6.07, 6.45) is 0. The number of para-hydroxylation sites is 6. The highest BCUT2D eigenvalue weighted by Crippen LogP contribution is 2.55. The van der Waals surface area contributed by atoms with E-state index >= 15 is 0 Å². The molecule has 2 aromatic heterocycles. The molecule has 4 aliphatic rings. The molecule has 0 saturated carbocycles. The molecule has 0 N–H and O–H groups in total. The Balaban J connectivity index is 1.04. The molecular weight excluding hydrogens is 1020 g/mol. The van der Waals surface area contributed by atoms with Crippen LogP contribution in [-0.2, 0) is 5.41 Å². The van der Waals surface area contributed by atoms with Gasteiger partial charge in [0, 0.05) is 73.8 Å². The maximum atomic E-state index is 7.32. The lowest BCUT2D eigenvalue weighted by atomic mass is 9.30. The molecule has 18 rings (SSSR count). The molecule has 0 saturated heterocycles. The van der Waals surface area contributed by atoms with E-state index in [4.69, 9.17) is 13.6 Å². The minimum absolute atomic E-state index is 0.104. The van der Waals surface area contributed by atoms with Gasteiger partial charge in [-0.2, -0.15) is 0 Å². The van der Waals surface area contributed by atoms with E-state index in [9.17, 15) is 0 Å². The van der Waals surface area contributed by atoms with Gasteiger partial charge in [0.1, 0.15) is 33.8 Å². The van der Waals surface area contributed by atoms with Crippen molar-refractivity contribution in [2.75, 3.05) is 14.7 Å². The topological polar surface area (TPSA) is 45.2 Å². The van der Waals surface area contributed by atoms with Crippen molar-refractivity contribution < 1.29 is 13.6 Å². The Morgan fingerprint density at radius 3 is 1.58 bits per heavy atom. The monoisotopic (exact) mass is 1080 g/mol. The Hall–Kier alpha value is -10.4. The maximum Gasteiger partial charge on any atom is 0.256 e. The summed E-state index contributed by atoms with van der Waals surface area (Å²) < 4.78 is 21.5. The van der Waals surface area contributed by atoms with Gasteiger partial charge in [-0.25, -0.2) is 0 Å². The van der Waals surface area contributed by atoms with Crippen LogP contribution in [0.5, 0.6) is 11.5 Å². The lowest BCUT2D eigenvalue weighted by Gasteiger charge is -2.46. The van der Waals surface area contributed by atoms with Crippen LogP contribution in [0.25, 0.3) is 66.1 Å². The molecule has 0 unspecified atom stereocenters. The van der Waals surface area contributed by atoms with Crippen molar-refractivity contribution in [3.8, 4) is 33.8 Å². The minimum Gasteiger partial charge on any atom is -0.458 e. The number of hydrogen-bond donors (Lipinski definition) is 0. The molecule has 8 heteroatoms. The second kappa shape index (κ2) is 17.5. The number of anilines is 9. The van der Waals surface area contributed by atoms with E-state index in [0.717, 1.165) is 140 Å². The highest BCUT2D eigenvalue weighted by atomic mass is 16.5. The van der Waals surface area contributed by atoms with E-state index in [-0.39, 0.29) is 18.8 Å². The predicted molar refractivity (Wildman–Crippen MR) is 350 cm³/mol. The summed E-state index contributed by atoms with van der Waals surface area (Å²) in [6.45, 7) is 6.46. The zero-order valence-corrected chi connectivity index (χ0v) is 46.5. The highest BCUT2D eigenvalue weighted by Gasteiger charge is 2.49. The molecule has 4 aliphatic heterocycles. The van der Waals surface area contributed by atoms with Gasteiger partial charge in [0.2, 0.25) is 0 Å². The number of rotatable bonds is 5. The molecular formula is C76H51B2N3O3. The van der Waals surface area contributed by atoms with Crippen LogP contribution in [0.15, 0.2) is 264 Å². The largest absolute Gasteiger partial charge is 0.458 e. The van der Waals surface area contributed by atoms with Crippen LogP contribution >= 0.6 is 0 Å². The summed E-state index contributed by atoms with van der Waals surface area (Å²) in [6, 6.07) is 93.2. The molecule has 14 aromatic rings. The van der Waals surface area contributed by atoms with Crippen molar-refractivity contribution in [2.45, 2.75) is 26.2 Å². The lowest BCUT2D eigenvalue weighted by molar-refractivity contribution is 0.493. The van der Waals surface area contributed by atoms with Crippen molar-refractivity contribution in [3.05, 3.63) is 260 Å². The SMILES string of the molecule is CC(C)(C)c1ccc2oc3cc4c5c(c3c2c1)N(c1ccccc1)c1ccccc1B5c1cc2c(cc1N4c1c(-c3ccccc3)cccc1-c1ccccc1)N(c1ccccc1)c1cc3oc4ccccc4c3c3c1B2c1ccccc1O3. The first-order valence-electron chi connectivity index (χ1n) is 29.1. The molecule has 0 bridgehead atoms. The van der Waals surface area contributed by atoms with Crippen molar-refractivity contribution in [2.24, 2.45) is 0 Å². The quantitative estimate of drug-likeness (QED) is 0.160. The zero-order valence-electron chi connectivity index (χ0n) is 46.5. The summed E-state index contributed by atoms with van der Waals surface area (Å²) in [7, 11) is 0. The molecule has 0 spiro atoms. The van der Waals surface area contributed by atoms with Gasteiger partial charge >= 0.3 is 0 Å². The van der Waals surface area contributed by atoms with Crippen molar-refractivity contribution >= 4 is 141 Å². The van der Waals surface area contributed by atoms with Gasteiger partial charge in [0.05, 0.1) is 22.1 Å². The number of nitrogens with zero attached hydrogens (tertiary/aromatic N) is 3. The predicted octanol–water partition coefficient (Wildman–Crippen LogP) is 16.6. The number of ether oxygens (including phenoxy) is 1. The Kier molecular flexibility index (Phi) is 9.86. The normalized spacial score (nSPS) is 13.6. The minimum atomic E-state index is -0.228. The second-order valence-electron chi connectivity index (χ2n) is 23.8. The van der Waals surface area contributed by atoms with Crippen molar-refractivity contribution in [1.29, 1.82) is 0 Å². The highest BCUT2D eigenvalue weighted by molar-refractivity contribution is 7.03. The van der Waals surface area contributed by atoms with Crippen LogP contribution < -0.4 is 52.2 Å². The van der Waals surface area contributed by atoms with E-state index in [1.807, 2.05) is 6.07 Å². The van der Waals surface area contributed by atoms with Gasteiger partial charge < -0.3 is 28.3 Å². The Morgan fingerprint density at radius 1 is 0.345 bits per heavy atom. The number of benzene rings is 12. The van der Waals surface area contributed by atoms with Crippen LogP contribution in [0.3, 0.4) is 0 Å². The number of fused-ring (bicyclic) bond motifs is 16. The standard InChI is InChI=1S/C76H51B2N3O3/c1-76(2,3)48-39-40-65-54(41-48)69-67(83-65)44-62-71-74(69)80(50-29-14-7-15-30-50)59-36-19-17-34-55(59)77(71)58-42-57-60(43-61(58)81(62)73-51(46-23-8-4-9-24-46)32-22-33-52(73)47-25-10-5-11-26-47)79(49-27-12-6-13-28-49)63-45-68-70(53-31-16-20-37-64(53)82-68)75-72(63)78(57)56-35-18-21-38-66(56)84-75/h4-45H,1-3H3. The molecule has 84 heavy (non-hydrogen) atoms. The summed E-state index contributed by atoms with van der Waals surface area (Å²) in [4.78, 5) is 7.62. The summed E-state index contributed by atoms with van der Waals surface area (Å²) in [5.74, 6) is 1.68. The van der Waals surface area contributed by atoms with Crippen molar-refractivity contribution in [1.82, 2.24) is 0 Å². The molecule has 6 heterocycles. The van der Waals surface area contributed by atoms with E-state index in [1.165, 1.54) is 27.4 Å². The molecule has 12 aromatic carbocycles. The molecule has 394 valence electrons. The van der Waals surface area contributed by atoms with Crippen LogP contribution in [0, 0.1) is 0 Å². The summed E-state index contributed by atoms with van der Waals surface area (Å²) in [5.41, 5.74) is 25.7. The molecule has 0 fully saturated rings. The van der Waals surface area contributed by atoms with E-state index in [1.54, 1.807) is 0 Å². The average Bonchev–Trinajstić information content (AvgIpc) is 1.23. The van der Waals surface area contributed by atoms with Gasteiger partial charge in [0.15, 0.2) is 0 Å². The molecule has 6 nitrogen and oxygen atoms in total. The Labute approximate surface area is 487 Å². The van der Waals surface area contributed by atoms with Crippen LogP contribution in [0.4, 0.5) is 51.2 Å². The van der Waals surface area contributed by atoms with Crippen molar-refractivity contribution in [3.63, 3.8) is 0 Å². The summed E-state index contributed by atoms with van der Waals surface area (Å²) in [5, 5.41) is 4.22. The smallest absolute Gasteiger partial charge is 0.256 e. The van der Waals surface area contributed by atoms with Gasteiger partial charge in [-0.3, -0.25) is 0 Å². The zero-order chi connectivity index (χ0) is 55.5. The first-order chi connectivity index (χ1) is 41.3. The number of furan rings is 2. The van der Waals surface area contributed by atoms with Crippen LogP contribution in [0.1, 0.15) is 26.3 Å². The fraction of sp³-hybridized carbons (Fsp3) is 0.0526. The molecule has 0 aliphatic carbocycles. The molecule has 0 atom stereocenters. The molecule has 0 amide bonds. The Morgan fingerprint density at radius 2 is 0.893 bits per heavy atom. The fourth-order valence-electron chi connectivity index (χ4n) is 14.6. The van der Waals surface area contributed by atoms with E-state index < -0.39 is 0 Å². The maximum absolute atomic E-state index is 7.32. The summed E-state index contributed by atoms with van der Waals surface area (Å²) >= 11 is 0. The van der Waals surface area contributed by atoms with E-state index in [0.29, 0.717) is 0 Å². The van der Waals surface area contributed by atoms with E-state index in [2.05, 4.69) is 284 Å². The average molecular weight is 1080 g/mol. The van der Waals surface area contributed by atoms with Gasteiger partial charge in [0.25, 0.3) is 13.4 Å². The van der Waals surface area contributed by atoms with Gasteiger partial charge in [-0.1, -0.05) is 203 Å². The van der Waals surface area contributed by atoms with Gasteiger partial charge in [-0.05, 0) is 116 Å². The van der Waals surface area contributed by atoms with Crippen LogP contribution in [-0.4, -0.2) is 13.4 Å². The first-order valence-corrected chi connectivity index (χ1v) is 29.1. The van der Waals surface area contributed by atoms with Gasteiger partial charge in [-0.15, -0.1) is 0 Å². The number of hydrogen-bond acceptors (Lipinski definition) is 6. The first kappa shape index (κ1) is 47.2. The van der Waals surface area contributed by atoms with Crippen LogP contribution in [0.2, 0.25) is 0 Å². The Bertz CT molecular complexity index is 5010. The third-order valence-electron chi connectivity index (χ3n) is 18.2. The second-order valence-corrected chi connectivity index (χ2v) is 23.8. The third-order valence-corrected chi connectivity index (χ3v) is 18.2. The lowest BCUT2D eigenvalue weighted by Crippen LogP contribution is -2.64. The fourth-order valence-corrected chi connectivity index (χ4v) is 14.6. The third kappa shape index (κ3) is 6.65.